The number of rotatable bonds is 3. The second kappa shape index (κ2) is 6.97. The van der Waals surface area contributed by atoms with Crippen molar-refractivity contribution in [1.82, 2.24) is 4.98 Å². The molecule has 0 radical (unpaired) electrons. The molecule has 0 atom stereocenters. The molecule has 1 aromatic heterocycles. The number of aliphatic hydroxyl groups is 1. The average Bonchev–Trinajstić information content (AvgIpc) is 2.86. The van der Waals surface area contributed by atoms with Crippen molar-refractivity contribution < 1.29 is 14.3 Å². The summed E-state index contributed by atoms with van der Waals surface area (Å²) >= 11 is 1.28. The van der Waals surface area contributed by atoms with Crippen molar-refractivity contribution in [2.45, 2.75) is 13.3 Å². The number of hydrogen-bond acceptors (Lipinski definition) is 4. The van der Waals surface area contributed by atoms with Crippen LogP contribution in [-0.2, 0) is 0 Å². The largest absolute Gasteiger partial charge is 0.395 e. The molecule has 21 heavy (non-hydrogen) atoms. The summed E-state index contributed by atoms with van der Waals surface area (Å²) in [4.78, 5) is 16.2. The number of nitrogens with one attached hydrogen (secondary N) is 1. The first-order valence-corrected chi connectivity index (χ1v) is 7.11. The van der Waals surface area contributed by atoms with Gasteiger partial charge in [0.2, 0.25) is 0 Å². The maximum atomic E-state index is 13.8. The van der Waals surface area contributed by atoms with Crippen LogP contribution in [0.4, 0.5) is 9.52 Å². The van der Waals surface area contributed by atoms with Crippen molar-refractivity contribution in [2.75, 3.05) is 11.9 Å². The molecule has 0 bridgehead atoms. The van der Waals surface area contributed by atoms with Gasteiger partial charge >= 0.3 is 0 Å². The third-order valence-corrected chi connectivity index (χ3v) is 3.40. The number of aryl methyl sites for hydroxylation is 1. The van der Waals surface area contributed by atoms with Gasteiger partial charge in [0.15, 0.2) is 5.13 Å². The van der Waals surface area contributed by atoms with Crippen molar-refractivity contribution in [2.24, 2.45) is 0 Å². The average molecular weight is 304 g/mol. The number of carbonyl (C=O) groups is 1. The Hall–Kier alpha value is -2.23. The Balaban J connectivity index is 2.20. The van der Waals surface area contributed by atoms with Gasteiger partial charge in [-0.05, 0) is 25.1 Å². The van der Waals surface area contributed by atoms with Crippen LogP contribution in [0.15, 0.2) is 23.6 Å². The van der Waals surface area contributed by atoms with E-state index in [2.05, 4.69) is 22.1 Å². The van der Waals surface area contributed by atoms with Gasteiger partial charge in [-0.2, -0.15) is 0 Å². The van der Waals surface area contributed by atoms with E-state index in [-0.39, 0.29) is 12.2 Å². The fraction of sp³-hybridized carbons (Fsp3) is 0.200. The van der Waals surface area contributed by atoms with Gasteiger partial charge < -0.3 is 5.11 Å². The van der Waals surface area contributed by atoms with Crippen LogP contribution in [0.2, 0.25) is 0 Å². The monoisotopic (exact) mass is 304 g/mol. The highest BCUT2D eigenvalue weighted by Crippen LogP contribution is 2.17. The van der Waals surface area contributed by atoms with Crippen molar-refractivity contribution >= 4 is 22.4 Å². The summed E-state index contributed by atoms with van der Waals surface area (Å²) in [5.41, 5.74) is 1.23. The lowest BCUT2D eigenvalue weighted by atomic mass is 10.1. The molecule has 1 amide bonds. The third kappa shape index (κ3) is 4.12. The molecule has 0 saturated heterocycles. The van der Waals surface area contributed by atoms with E-state index in [0.29, 0.717) is 17.1 Å². The normalized spacial score (nSPS) is 9.86. The van der Waals surface area contributed by atoms with Crippen LogP contribution in [0, 0.1) is 24.6 Å². The van der Waals surface area contributed by atoms with Crippen molar-refractivity contribution in [1.29, 1.82) is 0 Å². The van der Waals surface area contributed by atoms with Gasteiger partial charge in [-0.25, -0.2) is 9.37 Å². The van der Waals surface area contributed by atoms with Crippen LogP contribution in [0.5, 0.6) is 0 Å². The van der Waals surface area contributed by atoms with Crippen LogP contribution in [0.3, 0.4) is 0 Å². The molecule has 2 N–H and O–H groups in total. The molecule has 4 nitrogen and oxygen atoms in total. The summed E-state index contributed by atoms with van der Waals surface area (Å²) in [5, 5.41) is 13.4. The maximum Gasteiger partial charge on any atom is 0.260 e. The molecule has 0 aliphatic heterocycles. The summed E-state index contributed by atoms with van der Waals surface area (Å²) in [6, 6.07) is 4.07. The highest BCUT2D eigenvalue weighted by atomic mass is 32.1. The topological polar surface area (TPSA) is 62.2 Å². The minimum atomic E-state index is -0.617. The smallest absolute Gasteiger partial charge is 0.260 e. The van der Waals surface area contributed by atoms with E-state index in [4.69, 9.17) is 5.11 Å². The summed E-state index contributed by atoms with van der Waals surface area (Å²) in [5.74, 6) is 4.31. The Morgan fingerprint density at radius 3 is 3.00 bits per heavy atom. The number of benzene rings is 1. The highest BCUT2D eigenvalue weighted by Gasteiger charge is 2.13. The zero-order chi connectivity index (χ0) is 15.2. The Morgan fingerprint density at radius 1 is 1.52 bits per heavy atom. The first-order chi connectivity index (χ1) is 10.1. The summed E-state index contributed by atoms with van der Waals surface area (Å²) in [6.45, 7) is 1.77. The predicted octanol–water partition coefficient (Wildman–Crippen LogP) is 2.58. The van der Waals surface area contributed by atoms with Crippen LogP contribution in [-0.4, -0.2) is 22.6 Å². The molecular formula is C15H13FN2O2S. The highest BCUT2D eigenvalue weighted by molar-refractivity contribution is 7.13. The molecule has 0 aliphatic carbocycles. The number of carbonyl (C=O) groups excluding carboxylic acids is 1. The molecule has 2 rings (SSSR count). The summed E-state index contributed by atoms with van der Waals surface area (Å²) in [6.07, 6.45) is 0.331. The number of anilines is 1. The van der Waals surface area contributed by atoms with E-state index in [1.165, 1.54) is 29.5 Å². The maximum absolute atomic E-state index is 13.8. The number of nitrogens with zero attached hydrogens (tertiary/aromatic N) is 1. The third-order valence-electron chi connectivity index (χ3n) is 2.52. The van der Waals surface area contributed by atoms with E-state index in [1.807, 2.05) is 6.92 Å². The molecule has 1 heterocycles. The Morgan fingerprint density at radius 2 is 2.33 bits per heavy atom. The number of aromatic nitrogens is 1. The SMILES string of the molecule is Cc1csc(NC(=O)c2cc(C#CCCO)ccc2F)n1. The lowest BCUT2D eigenvalue weighted by Crippen LogP contribution is -2.13. The molecule has 0 aliphatic rings. The Bertz CT molecular complexity index is 716. The number of amides is 1. The molecule has 1 aromatic carbocycles. The first-order valence-electron chi connectivity index (χ1n) is 6.23. The van der Waals surface area contributed by atoms with Gasteiger partial charge in [-0.3, -0.25) is 10.1 Å². The molecule has 108 valence electrons. The van der Waals surface area contributed by atoms with Crippen molar-refractivity contribution in [3.63, 3.8) is 0 Å². The second-order valence-corrected chi connectivity index (χ2v) is 5.08. The van der Waals surface area contributed by atoms with Gasteiger partial charge in [0.1, 0.15) is 5.82 Å². The van der Waals surface area contributed by atoms with E-state index in [0.717, 1.165) is 5.69 Å². The van der Waals surface area contributed by atoms with Gasteiger partial charge in [0, 0.05) is 17.4 Å². The minimum Gasteiger partial charge on any atom is -0.395 e. The van der Waals surface area contributed by atoms with Crippen LogP contribution in [0.1, 0.15) is 28.0 Å². The quantitative estimate of drug-likeness (QED) is 0.857. The van der Waals surface area contributed by atoms with Crippen molar-refractivity contribution in [3.8, 4) is 11.8 Å². The molecule has 0 fully saturated rings. The molecule has 2 aromatic rings. The lowest BCUT2D eigenvalue weighted by molar-refractivity contribution is 0.102. The molecule has 0 saturated carbocycles. The minimum absolute atomic E-state index is 0.0368. The second-order valence-electron chi connectivity index (χ2n) is 4.22. The van der Waals surface area contributed by atoms with Gasteiger partial charge in [-0.1, -0.05) is 11.8 Å². The summed E-state index contributed by atoms with van der Waals surface area (Å²) < 4.78 is 13.8. The summed E-state index contributed by atoms with van der Waals surface area (Å²) in [7, 11) is 0. The van der Waals surface area contributed by atoms with E-state index < -0.39 is 11.7 Å². The number of thiazole rings is 1. The lowest BCUT2D eigenvalue weighted by Gasteiger charge is -2.04. The number of hydrogen-bond donors (Lipinski definition) is 2. The predicted molar refractivity (Wildman–Crippen MR) is 79.8 cm³/mol. The van der Waals surface area contributed by atoms with Gasteiger partial charge in [0.25, 0.3) is 5.91 Å². The first kappa shape index (κ1) is 15.2. The van der Waals surface area contributed by atoms with E-state index in [9.17, 15) is 9.18 Å². The van der Waals surface area contributed by atoms with Crippen molar-refractivity contribution in [3.05, 3.63) is 46.2 Å². The fourth-order valence-corrected chi connectivity index (χ4v) is 2.26. The Labute approximate surface area is 125 Å². The van der Waals surface area contributed by atoms with E-state index >= 15 is 0 Å². The zero-order valence-electron chi connectivity index (χ0n) is 11.3. The van der Waals surface area contributed by atoms with Gasteiger partial charge in [-0.15, -0.1) is 11.3 Å². The molecule has 6 heteroatoms. The number of aliphatic hydroxyl groups excluding tert-OH is 1. The molecule has 0 spiro atoms. The van der Waals surface area contributed by atoms with Gasteiger partial charge in [0.05, 0.1) is 17.9 Å². The Kier molecular flexibility index (Phi) is 5.04. The number of halogens is 1. The van der Waals surface area contributed by atoms with E-state index in [1.54, 1.807) is 5.38 Å². The molecular weight excluding hydrogens is 291 g/mol. The van der Waals surface area contributed by atoms with Crippen LogP contribution < -0.4 is 5.32 Å². The molecule has 0 unspecified atom stereocenters. The van der Waals surface area contributed by atoms with Crippen LogP contribution >= 0.6 is 11.3 Å². The standard InChI is InChI=1S/C15H13FN2O2S/c1-10-9-21-15(17-10)18-14(20)12-8-11(4-2-3-7-19)5-6-13(12)16/h5-6,8-9,19H,3,7H2,1H3,(H,17,18,20). The zero-order valence-corrected chi connectivity index (χ0v) is 12.1. The fourth-order valence-electron chi connectivity index (χ4n) is 1.57. The van der Waals surface area contributed by atoms with Crippen LogP contribution in [0.25, 0.3) is 0 Å².